The Bertz CT molecular complexity index is 817. The van der Waals surface area contributed by atoms with Crippen LogP contribution in [0.5, 0.6) is 0 Å². The first-order chi connectivity index (χ1) is 15.2. The molecule has 33 heavy (non-hydrogen) atoms. The lowest BCUT2D eigenvalue weighted by atomic mass is 9.31. The molecule has 5 aliphatic carbocycles. The maximum Gasteiger partial charge on any atom is 0.126 e. The number of carbonyl (C=O) groups is 1. The molecule has 0 amide bonds. The molecule has 0 aliphatic heterocycles. The van der Waals surface area contributed by atoms with Gasteiger partial charge in [0.15, 0.2) is 0 Å². The van der Waals surface area contributed by atoms with Crippen LogP contribution in [0.25, 0.3) is 0 Å². The number of aliphatic hydroxyl groups excluding tert-OH is 2. The highest BCUT2D eigenvalue weighted by atomic mass is 16.3. The van der Waals surface area contributed by atoms with Crippen molar-refractivity contribution >= 4 is 6.29 Å². The summed E-state index contributed by atoms with van der Waals surface area (Å²) < 4.78 is 0. The third kappa shape index (κ3) is 2.96. The highest BCUT2D eigenvalue weighted by molar-refractivity contribution is 5.61. The van der Waals surface area contributed by atoms with Crippen molar-refractivity contribution in [2.24, 2.45) is 56.2 Å². The van der Waals surface area contributed by atoms with Crippen molar-refractivity contribution in [3.05, 3.63) is 0 Å². The summed E-state index contributed by atoms with van der Waals surface area (Å²) in [6.07, 6.45) is 11.3. The summed E-state index contributed by atoms with van der Waals surface area (Å²) in [5.74, 6) is 1.51. The highest BCUT2D eigenvalue weighted by Gasteiger charge is 2.71. The van der Waals surface area contributed by atoms with Crippen molar-refractivity contribution in [1.29, 1.82) is 0 Å². The van der Waals surface area contributed by atoms with Gasteiger partial charge in [0, 0.05) is 5.41 Å². The Morgan fingerprint density at radius 3 is 2.09 bits per heavy atom. The molecule has 3 heteroatoms. The lowest BCUT2D eigenvalue weighted by molar-refractivity contribution is -0.275. The van der Waals surface area contributed by atoms with Crippen LogP contribution in [0.15, 0.2) is 0 Å². The van der Waals surface area contributed by atoms with Gasteiger partial charge in [-0.3, -0.25) is 0 Å². The van der Waals surface area contributed by atoms with Crippen LogP contribution in [0, 0.1) is 56.2 Å². The highest BCUT2D eigenvalue weighted by Crippen LogP contribution is 2.76. The lowest BCUT2D eigenvalue weighted by Crippen LogP contribution is -2.70. The maximum atomic E-state index is 12.6. The second-order valence-corrected chi connectivity index (χ2v) is 15.5. The van der Waals surface area contributed by atoms with Gasteiger partial charge < -0.3 is 15.0 Å². The molecule has 0 aromatic heterocycles. The van der Waals surface area contributed by atoms with Gasteiger partial charge in [0.2, 0.25) is 0 Å². The smallest absolute Gasteiger partial charge is 0.126 e. The van der Waals surface area contributed by atoms with Gasteiger partial charge in [-0.25, -0.2) is 0 Å². The van der Waals surface area contributed by atoms with Gasteiger partial charge in [-0.2, -0.15) is 0 Å². The Morgan fingerprint density at radius 2 is 1.42 bits per heavy atom. The zero-order valence-electron chi connectivity index (χ0n) is 22.4. The van der Waals surface area contributed by atoms with E-state index < -0.39 is 0 Å². The molecule has 5 aliphatic rings. The second-order valence-electron chi connectivity index (χ2n) is 15.5. The van der Waals surface area contributed by atoms with Gasteiger partial charge in [0.25, 0.3) is 0 Å². The average molecular weight is 459 g/mol. The predicted octanol–water partition coefficient (Wildman–Crippen LogP) is 6.40. The first-order valence-corrected chi connectivity index (χ1v) is 14.0. The number of aliphatic hydroxyl groups is 2. The van der Waals surface area contributed by atoms with Gasteiger partial charge in [0.05, 0.1) is 12.2 Å². The van der Waals surface area contributed by atoms with Crippen molar-refractivity contribution in [1.82, 2.24) is 0 Å². The van der Waals surface area contributed by atoms with Crippen LogP contribution >= 0.6 is 0 Å². The molecule has 5 saturated carbocycles. The fourth-order valence-electron chi connectivity index (χ4n) is 11.3. The van der Waals surface area contributed by atoms with Crippen LogP contribution in [-0.2, 0) is 4.79 Å². The van der Waals surface area contributed by atoms with E-state index in [2.05, 4.69) is 48.5 Å². The van der Waals surface area contributed by atoms with Crippen LogP contribution in [0.2, 0.25) is 0 Å². The summed E-state index contributed by atoms with van der Waals surface area (Å²) in [5, 5.41) is 22.9. The van der Waals surface area contributed by atoms with Crippen molar-refractivity contribution < 1.29 is 15.0 Å². The SMILES string of the molecule is CC1(C)CCC2(C=O)CCC3(C)C(C(O)CC4C5(C)CCC(O)C(C)(C)C5CCC43C)C2C1. The third-order valence-corrected chi connectivity index (χ3v) is 13.5. The number of fused-ring (bicyclic) bond motifs is 7. The summed E-state index contributed by atoms with van der Waals surface area (Å²) in [7, 11) is 0. The van der Waals surface area contributed by atoms with E-state index in [1.807, 2.05) is 0 Å². The normalized spacial score (nSPS) is 57.1. The minimum absolute atomic E-state index is 0.0636. The van der Waals surface area contributed by atoms with Gasteiger partial charge in [-0.05, 0) is 115 Å². The molecular weight excluding hydrogens is 408 g/mol. The van der Waals surface area contributed by atoms with E-state index in [0.29, 0.717) is 17.8 Å². The first kappa shape index (κ1) is 24.3. The lowest BCUT2D eigenvalue weighted by Gasteiger charge is -2.74. The number of hydrogen-bond donors (Lipinski definition) is 2. The maximum absolute atomic E-state index is 12.6. The Hall–Kier alpha value is -0.410. The van der Waals surface area contributed by atoms with Crippen molar-refractivity contribution in [2.75, 3.05) is 0 Å². The summed E-state index contributed by atoms with van der Waals surface area (Å²) in [4.78, 5) is 12.6. The van der Waals surface area contributed by atoms with Crippen molar-refractivity contribution in [3.63, 3.8) is 0 Å². The van der Waals surface area contributed by atoms with Crippen LogP contribution in [0.4, 0.5) is 0 Å². The molecule has 0 aromatic rings. The van der Waals surface area contributed by atoms with E-state index in [4.69, 9.17) is 0 Å². The molecule has 10 atom stereocenters. The van der Waals surface area contributed by atoms with E-state index in [9.17, 15) is 15.0 Å². The largest absolute Gasteiger partial charge is 0.393 e. The molecule has 188 valence electrons. The Morgan fingerprint density at radius 1 is 0.758 bits per heavy atom. The molecular formula is C30H50O3. The molecule has 0 heterocycles. The molecule has 5 fully saturated rings. The summed E-state index contributed by atoms with van der Waals surface area (Å²) in [6, 6.07) is 0. The zero-order chi connectivity index (χ0) is 24.2. The quantitative estimate of drug-likeness (QED) is 0.447. The minimum Gasteiger partial charge on any atom is -0.393 e. The van der Waals surface area contributed by atoms with Crippen LogP contribution in [0.1, 0.15) is 113 Å². The van der Waals surface area contributed by atoms with Crippen molar-refractivity contribution in [3.8, 4) is 0 Å². The molecule has 0 saturated heterocycles. The van der Waals surface area contributed by atoms with Crippen LogP contribution in [0.3, 0.4) is 0 Å². The molecule has 5 rings (SSSR count). The Labute approximate surface area is 202 Å². The fraction of sp³-hybridized carbons (Fsp3) is 0.967. The molecule has 0 spiro atoms. The average Bonchev–Trinajstić information content (AvgIpc) is 2.72. The molecule has 0 radical (unpaired) electrons. The monoisotopic (exact) mass is 458 g/mol. The molecule has 10 unspecified atom stereocenters. The van der Waals surface area contributed by atoms with E-state index in [1.165, 1.54) is 19.1 Å². The standard InChI is InChI=1S/C30H50O3/c1-25(2)12-14-30(18-31)15-13-29(7)24(19(30)17-25)20(32)16-22-27(5)10-9-23(33)26(3,4)21(27)8-11-28(22,29)6/h18-24,32-33H,8-17H2,1-7H3. The summed E-state index contributed by atoms with van der Waals surface area (Å²) >= 11 is 0. The van der Waals surface area contributed by atoms with E-state index >= 15 is 0 Å². The first-order valence-electron chi connectivity index (χ1n) is 14.0. The van der Waals surface area contributed by atoms with Crippen LogP contribution in [-0.4, -0.2) is 28.7 Å². The number of aldehydes is 1. The number of rotatable bonds is 1. The molecule has 3 nitrogen and oxygen atoms in total. The Kier molecular flexibility index (Phi) is 5.22. The fourth-order valence-corrected chi connectivity index (χ4v) is 11.3. The zero-order valence-corrected chi connectivity index (χ0v) is 22.4. The summed E-state index contributed by atoms with van der Waals surface area (Å²) in [6.45, 7) is 16.9. The van der Waals surface area contributed by atoms with Crippen LogP contribution < -0.4 is 0 Å². The predicted molar refractivity (Wildman–Crippen MR) is 133 cm³/mol. The van der Waals surface area contributed by atoms with Gasteiger partial charge in [0.1, 0.15) is 6.29 Å². The minimum atomic E-state index is -0.322. The van der Waals surface area contributed by atoms with E-state index in [0.717, 1.165) is 51.4 Å². The third-order valence-electron chi connectivity index (χ3n) is 13.5. The van der Waals surface area contributed by atoms with E-state index in [-0.39, 0.29) is 50.6 Å². The Balaban J connectivity index is 1.58. The van der Waals surface area contributed by atoms with Gasteiger partial charge >= 0.3 is 0 Å². The number of hydrogen-bond acceptors (Lipinski definition) is 3. The summed E-state index contributed by atoms with van der Waals surface area (Å²) in [5.41, 5.74) is 0.368. The number of carbonyl (C=O) groups excluding carboxylic acids is 1. The molecule has 0 bridgehead atoms. The van der Waals surface area contributed by atoms with E-state index in [1.54, 1.807) is 0 Å². The molecule has 2 N–H and O–H groups in total. The molecule has 0 aromatic carbocycles. The second kappa shape index (κ2) is 7.09. The topological polar surface area (TPSA) is 57.5 Å². The van der Waals surface area contributed by atoms with Crippen molar-refractivity contribution in [2.45, 2.75) is 125 Å². The van der Waals surface area contributed by atoms with Gasteiger partial charge in [-0.1, -0.05) is 48.5 Å². The van der Waals surface area contributed by atoms with Gasteiger partial charge in [-0.15, -0.1) is 0 Å².